The molecule has 1 fully saturated rings. The maximum atomic E-state index is 3.68. The molecule has 4 nitrogen and oxygen atoms in total. The van der Waals surface area contributed by atoms with Crippen molar-refractivity contribution in [2.45, 2.75) is 104 Å². The second-order valence-corrected chi connectivity index (χ2v) is 9.51. The molecule has 0 heterocycles. The number of hydrogen-bond donors (Lipinski definition) is 4. The van der Waals surface area contributed by atoms with E-state index in [9.17, 15) is 0 Å². The summed E-state index contributed by atoms with van der Waals surface area (Å²) in [5.74, 6) is 1.87. The molecular formula is C26H56N4. The van der Waals surface area contributed by atoms with Gasteiger partial charge in [-0.3, -0.25) is 0 Å². The first-order valence-corrected chi connectivity index (χ1v) is 13.7. The molecule has 180 valence electrons. The third-order valence-electron chi connectivity index (χ3n) is 6.50. The van der Waals surface area contributed by atoms with Crippen LogP contribution in [0.3, 0.4) is 0 Å². The third-order valence-corrected chi connectivity index (χ3v) is 6.50. The molecule has 0 aromatic carbocycles. The molecular weight excluding hydrogens is 368 g/mol. The monoisotopic (exact) mass is 424 g/mol. The van der Waals surface area contributed by atoms with Gasteiger partial charge in [0.2, 0.25) is 0 Å². The van der Waals surface area contributed by atoms with Gasteiger partial charge < -0.3 is 21.3 Å². The fraction of sp³-hybridized carbons (Fsp3) is 1.00. The number of nitrogens with one attached hydrogen (secondary N) is 4. The van der Waals surface area contributed by atoms with Crippen LogP contribution in [-0.2, 0) is 0 Å². The van der Waals surface area contributed by atoms with E-state index in [1.165, 1.54) is 136 Å². The third kappa shape index (κ3) is 18.6. The zero-order chi connectivity index (χ0) is 21.5. The minimum absolute atomic E-state index is 0.934. The van der Waals surface area contributed by atoms with Gasteiger partial charge in [-0.2, -0.15) is 0 Å². The van der Waals surface area contributed by atoms with Crippen molar-refractivity contribution in [2.24, 2.45) is 11.8 Å². The van der Waals surface area contributed by atoms with Gasteiger partial charge in [-0.05, 0) is 103 Å². The second-order valence-electron chi connectivity index (χ2n) is 9.51. The summed E-state index contributed by atoms with van der Waals surface area (Å²) in [7, 11) is 0. The Morgan fingerprint density at radius 2 is 0.867 bits per heavy atom. The molecule has 0 spiro atoms. The Bertz CT molecular complexity index is 337. The maximum Gasteiger partial charge on any atom is -0.00173 e. The second kappa shape index (κ2) is 22.0. The van der Waals surface area contributed by atoms with E-state index in [2.05, 4.69) is 35.1 Å². The molecule has 0 radical (unpaired) electrons. The SMILES string of the molecule is CCCCCCCCCCCNCCCCNCC1CC1CNCCCCNCC. The van der Waals surface area contributed by atoms with Gasteiger partial charge in [0.15, 0.2) is 0 Å². The van der Waals surface area contributed by atoms with Gasteiger partial charge in [-0.25, -0.2) is 0 Å². The van der Waals surface area contributed by atoms with Crippen LogP contribution >= 0.6 is 0 Å². The Kier molecular flexibility index (Phi) is 20.5. The zero-order valence-electron chi connectivity index (χ0n) is 20.7. The Labute approximate surface area is 189 Å². The van der Waals surface area contributed by atoms with Crippen molar-refractivity contribution in [3.05, 3.63) is 0 Å². The van der Waals surface area contributed by atoms with Crippen LogP contribution in [0, 0.1) is 11.8 Å². The molecule has 0 aromatic rings. The molecule has 1 aliphatic carbocycles. The van der Waals surface area contributed by atoms with Crippen molar-refractivity contribution < 1.29 is 0 Å². The van der Waals surface area contributed by atoms with Crippen LogP contribution in [0.2, 0.25) is 0 Å². The van der Waals surface area contributed by atoms with Gasteiger partial charge in [0.25, 0.3) is 0 Å². The summed E-state index contributed by atoms with van der Waals surface area (Å²) in [5, 5.41) is 14.3. The maximum absolute atomic E-state index is 3.68. The molecule has 0 aromatic heterocycles. The van der Waals surface area contributed by atoms with Crippen LogP contribution in [0.25, 0.3) is 0 Å². The lowest BCUT2D eigenvalue weighted by Crippen LogP contribution is -2.24. The molecule has 1 rings (SSSR count). The quantitative estimate of drug-likeness (QED) is 0.154. The lowest BCUT2D eigenvalue weighted by Gasteiger charge is -2.07. The van der Waals surface area contributed by atoms with Crippen molar-refractivity contribution in [2.75, 3.05) is 52.4 Å². The van der Waals surface area contributed by atoms with E-state index in [4.69, 9.17) is 0 Å². The summed E-state index contributed by atoms with van der Waals surface area (Å²) >= 11 is 0. The highest BCUT2D eigenvalue weighted by molar-refractivity contribution is 4.89. The van der Waals surface area contributed by atoms with E-state index in [0.717, 1.165) is 18.4 Å². The van der Waals surface area contributed by atoms with Gasteiger partial charge in [0.1, 0.15) is 0 Å². The topological polar surface area (TPSA) is 48.1 Å². The first-order chi connectivity index (χ1) is 14.9. The van der Waals surface area contributed by atoms with Crippen LogP contribution in [0.5, 0.6) is 0 Å². The van der Waals surface area contributed by atoms with E-state index < -0.39 is 0 Å². The molecule has 0 saturated heterocycles. The molecule has 2 unspecified atom stereocenters. The Balaban J connectivity index is 1.67. The molecule has 30 heavy (non-hydrogen) atoms. The number of unbranched alkanes of at least 4 members (excludes halogenated alkanes) is 10. The Morgan fingerprint density at radius 3 is 1.37 bits per heavy atom. The van der Waals surface area contributed by atoms with Crippen molar-refractivity contribution in [1.82, 2.24) is 21.3 Å². The lowest BCUT2D eigenvalue weighted by molar-refractivity contribution is 0.522. The first-order valence-electron chi connectivity index (χ1n) is 13.7. The highest BCUT2D eigenvalue weighted by Gasteiger charge is 2.35. The largest absolute Gasteiger partial charge is 0.317 e. The number of hydrogen-bond acceptors (Lipinski definition) is 4. The normalized spacial score (nSPS) is 18.2. The van der Waals surface area contributed by atoms with Gasteiger partial charge in [0.05, 0.1) is 0 Å². The van der Waals surface area contributed by atoms with Crippen LogP contribution in [0.15, 0.2) is 0 Å². The van der Waals surface area contributed by atoms with Crippen molar-refractivity contribution >= 4 is 0 Å². The minimum Gasteiger partial charge on any atom is -0.317 e. The molecule has 0 bridgehead atoms. The standard InChI is InChI=1S/C26H56N4/c1-3-5-6-7-8-9-10-11-12-18-28-19-14-16-21-30-24-26-22-25(26)23-29-20-15-13-17-27-4-2/h25-30H,3-24H2,1-2H3. The van der Waals surface area contributed by atoms with E-state index in [1.54, 1.807) is 0 Å². The van der Waals surface area contributed by atoms with Crippen LogP contribution in [0.1, 0.15) is 104 Å². The summed E-state index contributed by atoms with van der Waals surface area (Å²) in [5.41, 5.74) is 0. The Hall–Kier alpha value is -0.160. The van der Waals surface area contributed by atoms with Gasteiger partial charge in [-0.15, -0.1) is 0 Å². The fourth-order valence-corrected chi connectivity index (χ4v) is 4.25. The summed E-state index contributed by atoms with van der Waals surface area (Å²) in [6.45, 7) is 14.0. The first kappa shape index (κ1) is 27.9. The summed E-state index contributed by atoms with van der Waals surface area (Å²) in [4.78, 5) is 0. The van der Waals surface area contributed by atoms with E-state index >= 15 is 0 Å². The average Bonchev–Trinajstić information content (AvgIpc) is 3.51. The smallest absolute Gasteiger partial charge is 0.00173 e. The van der Waals surface area contributed by atoms with Crippen LogP contribution in [0.4, 0.5) is 0 Å². The predicted molar refractivity (Wildman–Crippen MR) is 134 cm³/mol. The average molecular weight is 425 g/mol. The van der Waals surface area contributed by atoms with E-state index in [1.807, 2.05) is 0 Å². The molecule has 1 aliphatic rings. The minimum atomic E-state index is 0.934. The predicted octanol–water partition coefficient (Wildman–Crippen LogP) is 5.09. The van der Waals surface area contributed by atoms with Crippen molar-refractivity contribution in [1.29, 1.82) is 0 Å². The van der Waals surface area contributed by atoms with E-state index in [0.29, 0.717) is 0 Å². The summed E-state index contributed by atoms with van der Waals surface area (Å²) in [6, 6.07) is 0. The Morgan fingerprint density at radius 1 is 0.467 bits per heavy atom. The molecule has 4 N–H and O–H groups in total. The summed E-state index contributed by atoms with van der Waals surface area (Å²) in [6.07, 6.45) is 19.4. The highest BCUT2D eigenvalue weighted by Crippen LogP contribution is 2.37. The van der Waals surface area contributed by atoms with Gasteiger partial charge in [-0.1, -0.05) is 65.2 Å². The molecule has 4 heteroatoms. The van der Waals surface area contributed by atoms with E-state index in [-0.39, 0.29) is 0 Å². The van der Waals surface area contributed by atoms with Crippen LogP contribution in [-0.4, -0.2) is 52.4 Å². The molecule has 0 aliphatic heterocycles. The van der Waals surface area contributed by atoms with Crippen LogP contribution < -0.4 is 21.3 Å². The highest BCUT2D eigenvalue weighted by atomic mass is 14.9. The molecule has 0 amide bonds. The lowest BCUT2D eigenvalue weighted by atomic mass is 10.1. The zero-order valence-corrected chi connectivity index (χ0v) is 20.7. The molecule has 2 atom stereocenters. The van der Waals surface area contributed by atoms with Crippen molar-refractivity contribution in [3.8, 4) is 0 Å². The summed E-state index contributed by atoms with van der Waals surface area (Å²) < 4.78 is 0. The fourth-order valence-electron chi connectivity index (χ4n) is 4.25. The van der Waals surface area contributed by atoms with Gasteiger partial charge in [0, 0.05) is 0 Å². The molecule has 1 saturated carbocycles. The van der Waals surface area contributed by atoms with Gasteiger partial charge >= 0.3 is 0 Å². The number of rotatable bonds is 25. The van der Waals surface area contributed by atoms with Crippen molar-refractivity contribution in [3.63, 3.8) is 0 Å².